The maximum atomic E-state index is 5.10. The zero-order chi connectivity index (χ0) is 26.2. The molecule has 2 nitrogen and oxygen atoms in total. The minimum absolute atomic E-state index is 0.440. The summed E-state index contributed by atoms with van der Waals surface area (Å²) in [5.74, 6) is 0. The van der Waals surface area contributed by atoms with E-state index in [0.29, 0.717) is 4.87 Å². The first kappa shape index (κ1) is 24.0. The van der Waals surface area contributed by atoms with Gasteiger partial charge >= 0.3 is 0 Å². The number of thioether (sulfide) groups is 1. The molecule has 1 aliphatic heterocycles. The molecule has 0 amide bonds. The van der Waals surface area contributed by atoms with Crippen molar-refractivity contribution in [1.82, 2.24) is 9.55 Å². The molecule has 1 unspecified atom stereocenters. The minimum Gasteiger partial charge on any atom is -0.298 e. The number of benzene rings is 5. The molecule has 0 radical (unpaired) electrons. The number of hydrogen-bond acceptors (Lipinski definition) is 2. The summed E-state index contributed by atoms with van der Waals surface area (Å²) in [5, 5.41) is 4.42. The van der Waals surface area contributed by atoms with Gasteiger partial charge in [0.25, 0.3) is 0 Å². The topological polar surface area (TPSA) is 17.8 Å². The molecule has 39 heavy (non-hydrogen) atoms. The van der Waals surface area contributed by atoms with Crippen LogP contribution in [0.1, 0.15) is 6.92 Å². The Morgan fingerprint density at radius 2 is 1.21 bits per heavy atom. The summed E-state index contributed by atoms with van der Waals surface area (Å²) in [6, 6.07) is 50.5. The van der Waals surface area contributed by atoms with E-state index < -0.39 is 8.07 Å². The lowest BCUT2D eigenvalue weighted by atomic mass is 10.0. The van der Waals surface area contributed by atoms with Crippen LogP contribution < -0.4 is 15.6 Å². The molecule has 0 bridgehead atoms. The Morgan fingerprint density at radius 1 is 0.641 bits per heavy atom. The molecule has 1 atom stereocenters. The number of rotatable bonds is 5. The second-order valence-corrected chi connectivity index (χ2v) is 15.9. The van der Waals surface area contributed by atoms with Gasteiger partial charge in [-0.1, -0.05) is 134 Å². The second-order valence-electron chi connectivity index (χ2n) is 10.00. The lowest BCUT2D eigenvalue weighted by molar-refractivity contribution is 1.06. The molecule has 5 aromatic carbocycles. The molecule has 6 aromatic rings. The number of para-hydroxylation sites is 1. The van der Waals surface area contributed by atoms with Gasteiger partial charge < -0.3 is 0 Å². The van der Waals surface area contributed by atoms with Gasteiger partial charge in [0.2, 0.25) is 0 Å². The summed E-state index contributed by atoms with van der Waals surface area (Å²) in [6.07, 6.45) is 1.98. The van der Waals surface area contributed by atoms with Gasteiger partial charge in [-0.15, -0.1) is 11.8 Å². The highest BCUT2D eigenvalue weighted by atomic mass is 32.2. The van der Waals surface area contributed by atoms with E-state index in [4.69, 9.17) is 4.98 Å². The fourth-order valence-electron chi connectivity index (χ4n) is 6.20. The van der Waals surface area contributed by atoms with Gasteiger partial charge in [-0.25, -0.2) is 4.98 Å². The first-order valence-corrected chi connectivity index (χ1v) is 16.3. The van der Waals surface area contributed by atoms with Gasteiger partial charge in [0, 0.05) is 26.6 Å². The number of hydrogen-bond donors (Lipinski definition) is 0. The number of imidazole rings is 1. The third-order valence-corrected chi connectivity index (χ3v) is 15.5. The normalized spacial score (nSPS) is 15.7. The highest BCUT2D eigenvalue weighted by Gasteiger charge is 2.51. The SMILES string of the molecule is CC1Sc2c(-c3ncn(-c4ccccc4)c3-c3ccccc3)cccc2[Si]1(c1ccccc1)c1ccccc1. The lowest BCUT2D eigenvalue weighted by Crippen LogP contribution is -2.70. The Morgan fingerprint density at radius 3 is 1.82 bits per heavy atom. The van der Waals surface area contributed by atoms with E-state index >= 15 is 0 Å². The smallest absolute Gasteiger partial charge is 0.162 e. The molecule has 0 saturated heterocycles. The van der Waals surface area contributed by atoms with Gasteiger partial charge in [-0.05, 0) is 27.7 Å². The summed E-state index contributed by atoms with van der Waals surface area (Å²) in [4.78, 5) is 6.91. The van der Waals surface area contributed by atoms with Crippen LogP contribution in [0, 0.1) is 0 Å². The maximum Gasteiger partial charge on any atom is 0.162 e. The molecule has 1 aromatic heterocycles. The van der Waals surface area contributed by atoms with Crippen LogP contribution in [0.2, 0.25) is 0 Å². The molecule has 1 aliphatic rings. The Balaban J connectivity index is 1.50. The van der Waals surface area contributed by atoms with E-state index in [9.17, 15) is 0 Å². The van der Waals surface area contributed by atoms with E-state index in [-0.39, 0.29) is 0 Å². The Labute approximate surface area is 235 Å². The number of nitrogens with zero attached hydrogens (tertiary/aromatic N) is 2. The molecule has 0 N–H and O–H groups in total. The molecule has 0 saturated carbocycles. The van der Waals surface area contributed by atoms with Crippen molar-refractivity contribution < 1.29 is 0 Å². The van der Waals surface area contributed by atoms with Crippen LogP contribution >= 0.6 is 11.8 Å². The highest BCUT2D eigenvalue weighted by Crippen LogP contribution is 2.44. The van der Waals surface area contributed by atoms with Crippen molar-refractivity contribution >= 4 is 35.4 Å². The second kappa shape index (κ2) is 9.88. The zero-order valence-electron chi connectivity index (χ0n) is 21.7. The van der Waals surface area contributed by atoms with Gasteiger partial charge in [-0.3, -0.25) is 4.57 Å². The van der Waals surface area contributed by atoms with Crippen LogP contribution in [-0.4, -0.2) is 22.5 Å². The van der Waals surface area contributed by atoms with Crippen molar-refractivity contribution in [3.63, 3.8) is 0 Å². The summed E-state index contributed by atoms with van der Waals surface area (Å²) in [6.45, 7) is 2.43. The zero-order valence-corrected chi connectivity index (χ0v) is 23.6. The quantitative estimate of drug-likeness (QED) is 0.228. The summed E-state index contributed by atoms with van der Waals surface area (Å²) >= 11 is 2.03. The van der Waals surface area contributed by atoms with Crippen molar-refractivity contribution in [2.45, 2.75) is 16.7 Å². The van der Waals surface area contributed by atoms with Gasteiger partial charge in [-0.2, -0.15) is 0 Å². The average Bonchev–Trinajstić information content (AvgIpc) is 3.58. The predicted octanol–water partition coefficient (Wildman–Crippen LogP) is 6.71. The van der Waals surface area contributed by atoms with Gasteiger partial charge in [0.1, 0.15) is 6.33 Å². The first-order valence-electron chi connectivity index (χ1n) is 13.4. The first-order chi connectivity index (χ1) is 19.3. The van der Waals surface area contributed by atoms with Crippen molar-refractivity contribution in [2.24, 2.45) is 0 Å². The van der Waals surface area contributed by atoms with Crippen LogP contribution in [0.3, 0.4) is 0 Å². The summed E-state index contributed by atoms with van der Waals surface area (Å²) < 4.78 is 2.23. The molecule has 0 aliphatic carbocycles. The van der Waals surface area contributed by atoms with Crippen LogP contribution in [0.15, 0.2) is 151 Å². The predicted molar refractivity (Wildman–Crippen MR) is 167 cm³/mol. The van der Waals surface area contributed by atoms with E-state index in [2.05, 4.69) is 151 Å². The molecule has 4 heteroatoms. The molecular formula is C35H28N2SSi. The Kier molecular flexibility index (Phi) is 6.07. The van der Waals surface area contributed by atoms with Crippen LogP contribution in [0.25, 0.3) is 28.2 Å². The minimum atomic E-state index is -2.30. The summed E-state index contributed by atoms with van der Waals surface area (Å²) in [5.41, 5.74) is 5.66. The van der Waals surface area contributed by atoms with Crippen LogP contribution in [-0.2, 0) is 0 Å². The van der Waals surface area contributed by atoms with Crippen molar-refractivity contribution in [1.29, 1.82) is 0 Å². The molecule has 0 fully saturated rings. The third kappa shape index (κ3) is 3.82. The third-order valence-electron chi connectivity index (χ3n) is 7.91. The van der Waals surface area contributed by atoms with Crippen molar-refractivity contribution in [3.8, 4) is 28.2 Å². The van der Waals surface area contributed by atoms with Crippen molar-refractivity contribution in [3.05, 3.63) is 146 Å². The lowest BCUT2D eigenvalue weighted by Gasteiger charge is -2.33. The van der Waals surface area contributed by atoms with Gasteiger partial charge in [0.05, 0.1) is 11.4 Å². The van der Waals surface area contributed by atoms with E-state index in [1.54, 1.807) is 0 Å². The fraction of sp³-hybridized carbons (Fsp3) is 0.0571. The number of fused-ring (bicyclic) bond motifs is 1. The maximum absolute atomic E-state index is 5.10. The van der Waals surface area contributed by atoms with Crippen LogP contribution in [0.4, 0.5) is 0 Å². The van der Waals surface area contributed by atoms with E-state index in [0.717, 1.165) is 22.6 Å². The molecule has 188 valence electrons. The van der Waals surface area contributed by atoms with E-state index in [1.165, 1.54) is 26.0 Å². The standard InChI is InChI=1S/C35H28N2SSi/c1-26-38-35-31(33-34(27-15-6-2-7-16-27)37(25-36-33)28-17-8-3-9-18-28)23-14-24-32(35)39(26,29-19-10-4-11-20-29)30-21-12-5-13-22-30/h2-26H,1H3. The molecule has 2 heterocycles. The fourth-order valence-corrected chi connectivity index (χ4v) is 14.6. The largest absolute Gasteiger partial charge is 0.298 e. The average molecular weight is 537 g/mol. The number of aromatic nitrogens is 2. The van der Waals surface area contributed by atoms with Crippen LogP contribution in [0.5, 0.6) is 0 Å². The Hall–Kier alpha value is -4.12. The van der Waals surface area contributed by atoms with Crippen molar-refractivity contribution in [2.75, 3.05) is 0 Å². The molecule has 7 rings (SSSR count). The Bertz CT molecular complexity index is 1690. The summed E-state index contributed by atoms with van der Waals surface area (Å²) in [7, 11) is -2.30. The molecule has 0 spiro atoms. The van der Waals surface area contributed by atoms with Gasteiger partial charge in [0.15, 0.2) is 8.07 Å². The molecular weight excluding hydrogens is 509 g/mol. The highest BCUT2D eigenvalue weighted by molar-refractivity contribution is 8.03. The van der Waals surface area contributed by atoms with E-state index in [1.807, 2.05) is 18.1 Å². The monoisotopic (exact) mass is 536 g/mol.